The standard InChI is InChI=1S/C17H19F3N4O/c18-17(19,20)14-3-1-2-4-15(14)22-16(25)24-8-5-13(6-9-24)11-23-10-7-21-12-23/h1-4,7,10,12-13H,5-6,8-9,11H2,(H,22,25). The molecule has 25 heavy (non-hydrogen) atoms. The molecule has 0 saturated carbocycles. The van der Waals surface area contributed by atoms with Crippen molar-refractivity contribution >= 4 is 11.7 Å². The highest BCUT2D eigenvalue weighted by Gasteiger charge is 2.34. The Morgan fingerprint density at radius 1 is 1.24 bits per heavy atom. The zero-order valence-electron chi connectivity index (χ0n) is 13.5. The summed E-state index contributed by atoms with van der Waals surface area (Å²) in [5, 5.41) is 2.40. The second-order valence-electron chi connectivity index (χ2n) is 6.16. The second-order valence-corrected chi connectivity index (χ2v) is 6.16. The van der Waals surface area contributed by atoms with Gasteiger partial charge in [-0.25, -0.2) is 9.78 Å². The summed E-state index contributed by atoms with van der Waals surface area (Å²) in [6.07, 6.45) is 2.50. The SMILES string of the molecule is O=C(Nc1ccccc1C(F)(F)F)N1CCC(Cn2ccnc2)CC1. The molecule has 5 nitrogen and oxygen atoms in total. The normalized spacial score (nSPS) is 16.0. The minimum Gasteiger partial charge on any atom is -0.337 e. The van der Waals surface area contributed by atoms with E-state index < -0.39 is 17.8 Å². The molecule has 2 heterocycles. The van der Waals surface area contributed by atoms with E-state index in [1.54, 1.807) is 17.4 Å². The van der Waals surface area contributed by atoms with Crippen LogP contribution in [-0.2, 0) is 12.7 Å². The number of halogens is 3. The number of para-hydroxylation sites is 1. The lowest BCUT2D eigenvalue weighted by Crippen LogP contribution is -2.41. The Morgan fingerprint density at radius 3 is 2.60 bits per heavy atom. The molecule has 0 radical (unpaired) electrons. The molecule has 2 amide bonds. The highest BCUT2D eigenvalue weighted by molar-refractivity contribution is 5.90. The summed E-state index contributed by atoms with van der Waals surface area (Å²) >= 11 is 0. The van der Waals surface area contributed by atoms with Gasteiger partial charge in [0.15, 0.2) is 0 Å². The van der Waals surface area contributed by atoms with Crippen LogP contribution in [0.3, 0.4) is 0 Å². The molecule has 1 aromatic carbocycles. The molecule has 1 fully saturated rings. The molecule has 1 aliphatic rings. The highest BCUT2D eigenvalue weighted by Crippen LogP contribution is 2.34. The lowest BCUT2D eigenvalue weighted by atomic mass is 9.97. The largest absolute Gasteiger partial charge is 0.418 e. The number of hydrogen-bond acceptors (Lipinski definition) is 2. The maximum Gasteiger partial charge on any atom is 0.418 e. The maximum atomic E-state index is 13.0. The summed E-state index contributed by atoms with van der Waals surface area (Å²) in [6.45, 7) is 1.89. The molecule has 0 bridgehead atoms. The maximum absolute atomic E-state index is 13.0. The van der Waals surface area contributed by atoms with Gasteiger partial charge in [0.25, 0.3) is 0 Å². The second kappa shape index (κ2) is 7.16. The summed E-state index contributed by atoms with van der Waals surface area (Å²) in [6, 6.07) is 4.53. The van der Waals surface area contributed by atoms with E-state index in [0.29, 0.717) is 19.0 Å². The van der Waals surface area contributed by atoms with Crippen LogP contribution in [0.2, 0.25) is 0 Å². The van der Waals surface area contributed by atoms with Crippen molar-refractivity contribution in [2.75, 3.05) is 18.4 Å². The van der Waals surface area contributed by atoms with E-state index in [1.807, 2.05) is 10.8 Å². The number of imidazole rings is 1. The molecule has 8 heteroatoms. The lowest BCUT2D eigenvalue weighted by Gasteiger charge is -2.32. The fourth-order valence-corrected chi connectivity index (χ4v) is 3.05. The number of nitrogens with zero attached hydrogens (tertiary/aromatic N) is 3. The molecular weight excluding hydrogens is 333 g/mol. The number of alkyl halides is 3. The van der Waals surface area contributed by atoms with Crippen LogP contribution in [0.5, 0.6) is 0 Å². The van der Waals surface area contributed by atoms with Crippen molar-refractivity contribution in [3.8, 4) is 0 Å². The fraction of sp³-hybridized carbons (Fsp3) is 0.412. The van der Waals surface area contributed by atoms with Crippen LogP contribution in [-0.4, -0.2) is 33.6 Å². The number of hydrogen-bond donors (Lipinski definition) is 1. The number of nitrogens with one attached hydrogen (secondary N) is 1. The van der Waals surface area contributed by atoms with Gasteiger partial charge in [-0.1, -0.05) is 12.1 Å². The van der Waals surface area contributed by atoms with Crippen LogP contribution >= 0.6 is 0 Å². The first-order valence-electron chi connectivity index (χ1n) is 8.11. The molecule has 3 rings (SSSR count). The van der Waals surface area contributed by atoms with E-state index in [-0.39, 0.29) is 5.69 Å². The van der Waals surface area contributed by atoms with Crippen molar-refractivity contribution in [2.24, 2.45) is 5.92 Å². The minimum atomic E-state index is -4.50. The molecule has 0 spiro atoms. The number of carbonyl (C=O) groups is 1. The van der Waals surface area contributed by atoms with E-state index in [9.17, 15) is 18.0 Å². The van der Waals surface area contributed by atoms with Gasteiger partial charge in [0.05, 0.1) is 17.6 Å². The Labute approximate surface area is 143 Å². The molecule has 1 saturated heterocycles. The van der Waals surface area contributed by atoms with Crippen molar-refractivity contribution in [3.05, 3.63) is 48.5 Å². The molecule has 1 aliphatic heterocycles. The number of amides is 2. The van der Waals surface area contributed by atoms with Gasteiger partial charge in [-0.15, -0.1) is 0 Å². The molecular formula is C17H19F3N4O. The van der Waals surface area contributed by atoms with Crippen molar-refractivity contribution in [2.45, 2.75) is 25.6 Å². The van der Waals surface area contributed by atoms with Crippen molar-refractivity contribution in [3.63, 3.8) is 0 Å². The van der Waals surface area contributed by atoms with Gasteiger partial charge in [-0.2, -0.15) is 13.2 Å². The summed E-state index contributed by atoms with van der Waals surface area (Å²) in [4.78, 5) is 17.9. The quantitative estimate of drug-likeness (QED) is 0.912. The van der Waals surface area contributed by atoms with Crippen LogP contribution in [0.25, 0.3) is 0 Å². The average Bonchev–Trinajstić information content (AvgIpc) is 3.08. The fourth-order valence-electron chi connectivity index (χ4n) is 3.05. The first-order chi connectivity index (χ1) is 11.9. The number of likely N-dealkylation sites (tertiary alicyclic amines) is 1. The number of benzene rings is 1. The van der Waals surface area contributed by atoms with Crippen LogP contribution in [0.1, 0.15) is 18.4 Å². The van der Waals surface area contributed by atoms with Gasteiger partial charge in [-0.05, 0) is 30.9 Å². The smallest absolute Gasteiger partial charge is 0.337 e. The molecule has 1 N–H and O–H groups in total. The topological polar surface area (TPSA) is 50.2 Å². The molecule has 1 aromatic heterocycles. The van der Waals surface area contributed by atoms with Gasteiger partial charge in [0, 0.05) is 32.0 Å². The summed E-state index contributed by atoms with van der Waals surface area (Å²) in [5.41, 5.74) is -1.04. The summed E-state index contributed by atoms with van der Waals surface area (Å²) in [5.74, 6) is 0.431. The number of urea groups is 1. The Bertz CT molecular complexity index is 707. The van der Waals surface area contributed by atoms with Crippen LogP contribution in [0, 0.1) is 5.92 Å². The minimum absolute atomic E-state index is 0.208. The van der Waals surface area contributed by atoms with Crippen molar-refractivity contribution < 1.29 is 18.0 Å². The molecule has 134 valence electrons. The Hall–Kier alpha value is -2.51. The number of piperidine rings is 1. The first-order valence-corrected chi connectivity index (χ1v) is 8.11. The van der Waals surface area contributed by atoms with E-state index in [0.717, 1.165) is 25.5 Å². The first kappa shape index (κ1) is 17.3. The molecule has 0 aliphatic carbocycles. The van der Waals surface area contributed by atoms with Crippen LogP contribution in [0.4, 0.5) is 23.7 Å². The van der Waals surface area contributed by atoms with Gasteiger partial charge >= 0.3 is 12.2 Å². The lowest BCUT2D eigenvalue weighted by molar-refractivity contribution is -0.136. The summed E-state index contributed by atoms with van der Waals surface area (Å²) in [7, 11) is 0. The predicted molar refractivity (Wildman–Crippen MR) is 87.0 cm³/mol. The van der Waals surface area contributed by atoms with E-state index in [4.69, 9.17) is 0 Å². The van der Waals surface area contributed by atoms with Crippen LogP contribution in [0.15, 0.2) is 43.0 Å². The number of carbonyl (C=O) groups excluding carboxylic acids is 1. The van der Waals surface area contributed by atoms with Gasteiger partial charge in [0.2, 0.25) is 0 Å². The highest BCUT2D eigenvalue weighted by atomic mass is 19.4. The Morgan fingerprint density at radius 2 is 1.96 bits per heavy atom. The summed E-state index contributed by atoms with van der Waals surface area (Å²) < 4.78 is 41.0. The third-order valence-corrected chi connectivity index (χ3v) is 4.40. The molecule has 0 unspecified atom stereocenters. The van der Waals surface area contributed by atoms with Crippen molar-refractivity contribution in [1.29, 1.82) is 0 Å². The zero-order valence-corrected chi connectivity index (χ0v) is 13.5. The van der Waals surface area contributed by atoms with Gasteiger partial charge in [-0.3, -0.25) is 0 Å². The third kappa shape index (κ3) is 4.32. The Balaban J connectivity index is 1.57. The number of rotatable bonds is 3. The third-order valence-electron chi connectivity index (χ3n) is 4.40. The molecule has 2 aromatic rings. The van der Waals surface area contributed by atoms with Crippen LogP contribution < -0.4 is 5.32 Å². The van der Waals surface area contributed by atoms with E-state index in [2.05, 4.69) is 10.3 Å². The number of anilines is 1. The van der Waals surface area contributed by atoms with Gasteiger partial charge < -0.3 is 14.8 Å². The monoisotopic (exact) mass is 352 g/mol. The predicted octanol–water partition coefficient (Wildman–Crippen LogP) is 3.85. The molecule has 0 atom stereocenters. The van der Waals surface area contributed by atoms with Gasteiger partial charge in [0.1, 0.15) is 0 Å². The Kier molecular flexibility index (Phi) is 4.96. The van der Waals surface area contributed by atoms with E-state index in [1.165, 1.54) is 18.2 Å². The van der Waals surface area contributed by atoms with Crippen molar-refractivity contribution in [1.82, 2.24) is 14.5 Å². The average molecular weight is 352 g/mol. The number of aromatic nitrogens is 2. The zero-order chi connectivity index (χ0) is 17.9. The van der Waals surface area contributed by atoms with E-state index >= 15 is 0 Å².